The molecule has 0 saturated heterocycles. The van der Waals surface area contributed by atoms with Gasteiger partial charge in [-0.2, -0.15) is 0 Å². The lowest BCUT2D eigenvalue weighted by atomic mass is 10.0. The average molecular weight is 199 g/mol. The Morgan fingerprint density at radius 2 is 2.43 bits per heavy atom. The second-order valence-corrected chi connectivity index (χ2v) is 2.99. The lowest BCUT2D eigenvalue weighted by molar-refractivity contribution is -0.130. The molecule has 0 amide bonds. The van der Waals surface area contributed by atoms with Crippen molar-refractivity contribution in [2.24, 2.45) is 5.73 Å². The van der Waals surface area contributed by atoms with E-state index in [0.717, 1.165) is 5.69 Å². The summed E-state index contributed by atoms with van der Waals surface area (Å²) >= 11 is 0. The van der Waals surface area contributed by atoms with Gasteiger partial charge in [0.1, 0.15) is 6.10 Å². The highest BCUT2D eigenvalue weighted by Gasteiger charge is 2.21. The molecule has 5 N–H and O–H groups in total. The summed E-state index contributed by atoms with van der Waals surface area (Å²) in [4.78, 5) is 17.8. The molecule has 1 aromatic heterocycles. The molecule has 78 valence electrons. The van der Waals surface area contributed by atoms with Crippen molar-refractivity contribution in [3.8, 4) is 0 Å². The van der Waals surface area contributed by atoms with E-state index in [2.05, 4.69) is 9.97 Å². The van der Waals surface area contributed by atoms with Crippen molar-refractivity contribution in [1.29, 1.82) is 0 Å². The number of nitrogens with zero attached hydrogens (tertiary/aromatic N) is 1. The van der Waals surface area contributed by atoms with Gasteiger partial charge in [0.25, 0.3) is 0 Å². The van der Waals surface area contributed by atoms with Gasteiger partial charge in [-0.1, -0.05) is 0 Å². The van der Waals surface area contributed by atoms with Gasteiger partial charge in [-0.05, 0) is 0 Å². The zero-order valence-corrected chi connectivity index (χ0v) is 7.55. The first kappa shape index (κ1) is 10.8. The number of nitrogens with two attached hydrogens (primary N) is 1. The summed E-state index contributed by atoms with van der Waals surface area (Å²) in [5.41, 5.74) is 6.23. The maximum absolute atomic E-state index is 11.2. The first-order chi connectivity index (χ1) is 6.65. The van der Waals surface area contributed by atoms with Crippen LogP contribution in [-0.4, -0.2) is 44.7 Å². The highest BCUT2D eigenvalue weighted by atomic mass is 16.3. The largest absolute Gasteiger partial charge is 0.393 e. The van der Waals surface area contributed by atoms with Gasteiger partial charge in [-0.3, -0.25) is 4.79 Å². The number of aromatic amines is 1. The minimum atomic E-state index is -1.40. The van der Waals surface area contributed by atoms with Crippen LogP contribution in [0.2, 0.25) is 0 Å². The van der Waals surface area contributed by atoms with Crippen LogP contribution < -0.4 is 5.73 Å². The van der Waals surface area contributed by atoms with Crippen LogP contribution in [0.5, 0.6) is 0 Å². The summed E-state index contributed by atoms with van der Waals surface area (Å²) in [5.74, 6) is -0.567. The number of aliphatic hydroxyl groups is 2. The second-order valence-electron chi connectivity index (χ2n) is 2.99. The second kappa shape index (κ2) is 4.85. The van der Waals surface area contributed by atoms with Crippen LogP contribution in [0.4, 0.5) is 0 Å². The number of rotatable bonds is 5. The zero-order chi connectivity index (χ0) is 10.6. The van der Waals surface area contributed by atoms with Crippen LogP contribution in [0.3, 0.4) is 0 Å². The van der Waals surface area contributed by atoms with Gasteiger partial charge in [0, 0.05) is 18.3 Å². The SMILES string of the molecule is N[C@@H](Cc1cnc[nH]1)C(=O)C(O)CO. The Morgan fingerprint density at radius 1 is 1.71 bits per heavy atom. The molecule has 0 fully saturated rings. The van der Waals surface area contributed by atoms with Crippen LogP contribution >= 0.6 is 0 Å². The first-order valence-corrected chi connectivity index (χ1v) is 4.20. The number of Topliss-reactive ketones (excluding diaryl/α,β-unsaturated/α-hetero) is 1. The lowest BCUT2D eigenvalue weighted by Gasteiger charge is -2.12. The molecule has 0 aliphatic carbocycles. The van der Waals surface area contributed by atoms with Crippen LogP contribution in [0, 0.1) is 0 Å². The predicted octanol–water partition coefficient (Wildman–Crippen LogP) is -1.80. The van der Waals surface area contributed by atoms with E-state index < -0.39 is 24.5 Å². The van der Waals surface area contributed by atoms with Crippen molar-refractivity contribution >= 4 is 5.78 Å². The third-order valence-electron chi connectivity index (χ3n) is 1.86. The van der Waals surface area contributed by atoms with E-state index >= 15 is 0 Å². The molecule has 0 aliphatic rings. The third kappa shape index (κ3) is 2.63. The Balaban J connectivity index is 2.50. The van der Waals surface area contributed by atoms with Crippen molar-refractivity contribution in [2.45, 2.75) is 18.6 Å². The fourth-order valence-corrected chi connectivity index (χ4v) is 1.07. The Hall–Kier alpha value is -1.24. The van der Waals surface area contributed by atoms with E-state index in [4.69, 9.17) is 15.9 Å². The molecule has 0 saturated carbocycles. The predicted molar refractivity (Wildman–Crippen MR) is 48.4 cm³/mol. The Bertz CT molecular complexity index is 286. The number of hydrogen-bond acceptors (Lipinski definition) is 5. The molecule has 1 aromatic rings. The fraction of sp³-hybridized carbons (Fsp3) is 0.500. The molecular formula is C8H13N3O3. The van der Waals surface area contributed by atoms with Crippen LogP contribution in [0.15, 0.2) is 12.5 Å². The Morgan fingerprint density at radius 3 is 2.93 bits per heavy atom. The van der Waals surface area contributed by atoms with Crippen molar-refractivity contribution in [3.63, 3.8) is 0 Å². The number of hydrogen-bond donors (Lipinski definition) is 4. The van der Waals surface area contributed by atoms with E-state index in [9.17, 15) is 4.79 Å². The van der Waals surface area contributed by atoms with E-state index in [1.807, 2.05) is 0 Å². The summed E-state index contributed by atoms with van der Waals surface area (Å²) in [7, 11) is 0. The van der Waals surface area contributed by atoms with Crippen LogP contribution in [-0.2, 0) is 11.2 Å². The highest BCUT2D eigenvalue weighted by molar-refractivity contribution is 5.88. The number of ketones is 1. The van der Waals surface area contributed by atoms with Gasteiger partial charge in [0.15, 0.2) is 5.78 Å². The summed E-state index contributed by atoms with van der Waals surface area (Å²) in [6.45, 7) is -0.602. The third-order valence-corrected chi connectivity index (χ3v) is 1.86. The summed E-state index contributed by atoms with van der Waals surface area (Å²) in [6.07, 6.45) is 1.91. The van der Waals surface area contributed by atoms with Crippen LogP contribution in [0.1, 0.15) is 5.69 Å². The number of nitrogens with one attached hydrogen (secondary N) is 1. The molecule has 0 radical (unpaired) electrons. The van der Waals surface area contributed by atoms with E-state index in [1.54, 1.807) is 6.20 Å². The molecule has 0 bridgehead atoms. The number of aromatic nitrogens is 2. The first-order valence-electron chi connectivity index (χ1n) is 4.20. The number of carbonyl (C=O) groups is 1. The van der Waals surface area contributed by atoms with Gasteiger partial charge in [0.05, 0.1) is 19.0 Å². The van der Waals surface area contributed by atoms with Gasteiger partial charge in [0.2, 0.25) is 0 Å². The van der Waals surface area contributed by atoms with E-state index in [0.29, 0.717) is 0 Å². The van der Waals surface area contributed by atoms with Crippen LogP contribution in [0.25, 0.3) is 0 Å². The molecule has 1 unspecified atom stereocenters. The molecule has 2 atom stereocenters. The Kier molecular flexibility index (Phi) is 3.75. The molecule has 0 spiro atoms. The molecule has 6 nitrogen and oxygen atoms in total. The normalized spacial score (nSPS) is 15.1. The smallest absolute Gasteiger partial charge is 0.180 e. The maximum Gasteiger partial charge on any atom is 0.180 e. The lowest BCUT2D eigenvalue weighted by Crippen LogP contribution is -2.41. The zero-order valence-electron chi connectivity index (χ0n) is 7.55. The molecule has 0 aromatic carbocycles. The maximum atomic E-state index is 11.2. The van der Waals surface area contributed by atoms with Gasteiger partial charge < -0.3 is 20.9 Å². The van der Waals surface area contributed by atoms with Crippen molar-refractivity contribution in [3.05, 3.63) is 18.2 Å². The molecular weight excluding hydrogens is 186 g/mol. The standard InChI is InChI=1S/C8H13N3O3/c9-6(8(14)7(13)3-12)1-5-2-10-4-11-5/h2,4,6-7,12-13H,1,3,9H2,(H,10,11)/t6-,7?/m0/s1. The minimum Gasteiger partial charge on any atom is -0.393 e. The quantitative estimate of drug-likeness (QED) is 0.447. The minimum absolute atomic E-state index is 0.274. The highest BCUT2D eigenvalue weighted by Crippen LogP contribution is 1.99. The van der Waals surface area contributed by atoms with E-state index in [-0.39, 0.29) is 6.42 Å². The number of carbonyl (C=O) groups excluding carboxylic acids is 1. The van der Waals surface area contributed by atoms with E-state index in [1.165, 1.54) is 6.33 Å². The summed E-state index contributed by atoms with van der Waals surface area (Å²) in [6, 6.07) is -0.822. The Labute approximate surface area is 80.8 Å². The fourth-order valence-electron chi connectivity index (χ4n) is 1.07. The summed E-state index contributed by atoms with van der Waals surface area (Å²) < 4.78 is 0. The molecule has 6 heteroatoms. The molecule has 1 heterocycles. The van der Waals surface area contributed by atoms with Gasteiger partial charge in [-0.25, -0.2) is 4.98 Å². The number of aliphatic hydroxyl groups excluding tert-OH is 2. The monoisotopic (exact) mass is 199 g/mol. The van der Waals surface area contributed by atoms with Crippen molar-refractivity contribution in [1.82, 2.24) is 9.97 Å². The topological polar surface area (TPSA) is 112 Å². The molecule has 1 rings (SSSR count). The number of imidazole rings is 1. The molecule has 0 aliphatic heterocycles. The van der Waals surface area contributed by atoms with Crippen molar-refractivity contribution in [2.75, 3.05) is 6.61 Å². The average Bonchev–Trinajstić information content (AvgIpc) is 2.68. The van der Waals surface area contributed by atoms with Gasteiger partial charge in [-0.15, -0.1) is 0 Å². The molecule has 14 heavy (non-hydrogen) atoms. The van der Waals surface area contributed by atoms with Crippen molar-refractivity contribution < 1.29 is 15.0 Å². The van der Waals surface area contributed by atoms with Gasteiger partial charge >= 0.3 is 0 Å². The number of H-pyrrole nitrogens is 1. The summed E-state index contributed by atoms with van der Waals surface area (Å²) in [5, 5.41) is 17.6.